The molecule has 1 saturated heterocycles. The summed E-state index contributed by atoms with van der Waals surface area (Å²) in [6.07, 6.45) is 9.29. The summed E-state index contributed by atoms with van der Waals surface area (Å²) in [5, 5.41) is 0. The van der Waals surface area contributed by atoms with Gasteiger partial charge in [0, 0.05) is 12.8 Å². The number of rotatable bonds is 6. The Bertz CT molecular complexity index is 355. The first-order chi connectivity index (χ1) is 9.21. The van der Waals surface area contributed by atoms with Gasteiger partial charge in [0.05, 0.1) is 18.6 Å². The molecule has 0 amide bonds. The Morgan fingerprint density at radius 3 is 2.42 bits per heavy atom. The van der Waals surface area contributed by atoms with Crippen LogP contribution in [0.15, 0.2) is 25.3 Å². The Morgan fingerprint density at radius 1 is 1.11 bits per heavy atom. The predicted molar refractivity (Wildman–Crippen MR) is 74.8 cm³/mol. The van der Waals surface area contributed by atoms with Crippen LogP contribution in [0.1, 0.15) is 44.9 Å². The van der Waals surface area contributed by atoms with Crippen molar-refractivity contribution in [3.05, 3.63) is 25.3 Å². The van der Waals surface area contributed by atoms with Crippen LogP contribution in [0.25, 0.3) is 0 Å². The molecule has 3 nitrogen and oxygen atoms in total. The van der Waals surface area contributed by atoms with Gasteiger partial charge in [0.1, 0.15) is 5.78 Å². The summed E-state index contributed by atoms with van der Waals surface area (Å²) < 4.78 is 11.9. The number of ketones is 1. The van der Waals surface area contributed by atoms with E-state index in [-0.39, 0.29) is 5.78 Å². The quantitative estimate of drug-likeness (QED) is 0.690. The molecule has 3 heteroatoms. The highest BCUT2D eigenvalue weighted by molar-refractivity contribution is 5.86. The molecule has 0 N–H and O–H groups in total. The van der Waals surface area contributed by atoms with Crippen molar-refractivity contribution in [2.75, 3.05) is 13.2 Å². The average Bonchev–Trinajstić information content (AvgIpc) is 2.89. The van der Waals surface area contributed by atoms with Crippen molar-refractivity contribution in [3.8, 4) is 0 Å². The first-order valence-corrected chi connectivity index (χ1v) is 7.24. The Hall–Kier alpha value is -0.930. The Kier molecular flexibility index (Phi) is 4.58. The van der Waals surface area contributed by atoms with Crippen molar-refractivity contribution in [3.63, 3.8) is 0 Å². The van der Waals surface area contributed by atoms with Crippen LogP contribution in [0, 0.1) is 5.41 Å². The molecule has 1 heterocycles. The lowest BCUT2D eigenvalue weighted by Gasteiger charge is -2.48. The molecule has 1 aliphatic carbocycles. The zero-order chi connectivity index (χ0) is 13.8. The van der Waals surface area contributed by atoms with Crippen molar-refractivity contribution < 1.29 is 14.3 Å². The number of hydrogen-bond donors (Lipinski definition) is 0. The highest BCUT2D eigenvalue weighted by Crippen LogP contribution is 2.53. The van der Waals surface area contributed by atoms with Crippen LogP contribution in [0.5, 0.6) is 0 Å². The van der Waals surface area contributed by atoms with Crippen LogP contribution >= 0.6 is 0 Å². The first kappa shape index (κ1) is 14.5. The number of Topliss-reactive ketones (excluding diaryl/α,β-unsaturated/α-hetero) is 1. The van der Waals surface area contributed by atoms with Gasteiger partial charge in [-0.1, -0.05) is 18.6 Å². The Labute approximate surface area is 115 Å². The molecule has 1 spiro atoms. The molecule has 2 aliphatic rings. The van der Waals surface area contributed by atoms with Gasteiger partial charge < -0.3 is 9.47 Å². The van der Waals surface area contributed by atoms with E-state index in [0.717, 1.165) is 25.7 Å². The lowest BCUT2D eigenvalue weighted by Crippen LogP contribution is -2.56. The normalized spacial score (nSPS) is 29.3. The first-order valence-electron chi connectivity index (χ1n) is 7.24. The maximum atomic E-state index is 12.8. The van der Waals surface area contributed by atoms with Crippen LogP contribution in [-0.4, -0.2) is 24.8 Å². The van der Waals surface area contributed by atoms with Gasteiger partial charge in [-0.15, -0.1) is 13.2 Å². The van der Waals surface area contributed by atoms with Crippen molar-refractivity contribution in [2.24, 2.45) is 5.41 Å². The Morgan fingerprint density at radius 2 is 1.79 bits per heavy atom. The molecular formula is C16H24O3. The van der Waals surface area contributed by atoms with Gasteiger partial charge in [0.25, 0.3) is 0 Å². The second-order valence-corrected chi connectivity index (χ2v) is 5.48. The van der Waals surface area contributed by atoms with E-state index < -0.39 is 11.2 Å². The van der Waals surface area contributed by atoms with Crippen LogP contribution in [0.2, 0.25) is 0 Å². The molecular weight excluding hydrogens is 240 g/mol. The lowest BCUT2D eigenvalue weighted by atomic mass is 9.63. The van der Waals surface area contributed by atoms with E-state index >= 15 is 0 Å². The fourth-order valence-electron chi connectivity index (χ4n) is 3.53. The molecule has 0 aromatic carbocycles. The SMILES string of the molecule is C=CCCC(=O)[C@@]1(CC=C)CCCCC12OCCO2. The molecule has 1 atom stereocenters. The molecule has 0 aromatic rings. The third-order valence-electron chi connectivity index (χ3n) is 4.44. The van der Waals surface area contributed by atoms with Gasteiger partial charge in [-0.3, -0.25) is 4.79 Å². The van der Waals surface area contributed by atoms with E-state index in [1.54, 1.807) is 6.08 Å². The minimum atomic E-state index is -0.697. The number of hydrogen-bond acceptors (Lipinski definition) is 3. The zero-order valence-electron chi connectivity index (χ0n) is 11.7. The van der Waals surface area contributed by atoms with Crippen molar-refractivity contribution >= 4 is 5.78 Å². The molecule has 0 unspecified atom stereocenters. The van der Waals surface area contributed by atoms with Crippen molar-refractivity contribution in [1.82, 2.24) is 0 Å². The van der Waals surface area contributed by atoms with Crippen LogP contribution < -0.4 is 0 Å². The van der Waals surface area contributed by atoms with E-state index in [0.29, 0.717) is 32.5 Å². The molecule has 19 heavy (non-hydrogen) atoms. The molecule has 0 radical (unpaired) electrons. The third-order valence-corrected chi connectivity index (χ3v) is 4.44. The summed E-state index contributed by atoms with van der Waals surface area (Å²) in [6, 6.07) is 0. The molecule has 2 rings (SSSR count). The molecule has 0 bridgehead atoms. The minimum absolute atomic E-state index is 0.244. The topological polar surface area (TPSA) is 35.5 Å². The van der Waals surface area contributed by atoms with E-state index in [4.69, 9.17) is 9.47 Å². The molecule has 2 fully saturated rings. The van der Waals surface area contributed by atoms with Gasteiger partial charge in [0.2, 0.25) is 0 Å². The summed E-state index contributed by atoms with van der Waals surface area (Å²) in [5.41, 5.74) is -0.535. The number of carbonyl (C=O) groups excluding carboxylic acids is 1. The second kappa shape index (κ2) is 6.02. The second-order valence-electron chi connectivity index (χ2n) is 5.48. The van der Waals surface area contributed by atoms with Gasteiger partial charge >= 0.3 is 0 Å². The highest BCUT2D eigenvalue weighted by Gasteiger charge is 2.59. The third kappa shape index (κ3) is 2.41. The number of allylic oxidation sites excluding steroid dienone is 2. The summed E-state index contributed by atoms with van der Waals surface area (Å²) in [6.45, 7) is 8.72. The molecule has 0 aromatic heterocycles. The molecule has 1 aliphatic heterocycles. The average molecular weight is 264 g/mol. The van der Waals surface area contributed by atoms with Gasteiger partial charge in [-0.05, 0) is 25.7 Å². The van der Waals surface area contributed by atoms with E-state index in [2.05, 4.69) is 13.2 Å². The summed E-state index contributed by atoms with van der Waals surface area (Å²) in [5.74, 6) is -0.452. The van der Waals surface area contributed by atoms with E-state index in [1.807, 2.05) is 6.08 Å². The van der Waals surface area contributed by atoms with Crippen LogP contribution in [0.4, 0.5) is 0 Å². The van der Waals surface area contributed by atoms with E-state index in [9.17, 15) is 4.79 Å². The van der Waals surface area contributed by atoms with Crippen LogP contribution in [0.3, 0.4) is 0 Å². The molecule has 106 valence electrons. The maximum absolute atomic E-state index is 12.8. The number of ether oxygens (including phenoxy) is 2. The van der Waals surface area contributed by atoms with Crippen molar-refractivity contribution in [2.45, 2.75) is 50.7 Å². The fourth-order valence-corrected chi connectivity index (χ4v) is 3.53. The van der Waals surface area contributed by atoms with Crippen molar-refractivity contribution in [1.29, 1.82) is 0 Å². The summed E-state index contributed by atoms with van der Waals surface area (Å²) in [4.78, 5) is 12.8. The van der Waals surface area contributed by atoms with Gasteiger partial charge in [-0.2, -0.15) is 0 Å². The largest absolute Gasteiger partial charge is 0.346 e. The summed E-state index contributed by atoms with van der Waals surface area (Å²) in [7, 11) is 0. The molecule has 1 saturated carbocycles. The van der Waals surface area contributed by atoms with Gasteiger partial charge in [-0.25, -0.2) is 0 Å². The van der Waals surface area contributed by atoms with Gasteiger partial charge in [0.15, 0.2) is 5.79 Å². The summed E-state index contributed by atoms with van der Waals surface area (Å²) >= 11 is 0. The lowest BCUT2D eigenvalue weighted by molar-refractivity contribution is -0.248. The minimum Gasteiger partial charge on any atom is -0.346 e. The van der Waals surface area contributed by atoms with Crippen LogP contribution in [-0.2, 0) is 14.3 Å². The predicted octanol–water partition coefficient (Wildman–Crippen LogP) is 3.40. The number of carbonyl (C=O) groups is 1. The smallest absolute Gasteiger partial charge is 0.181 e. The maximum Gasteiger partial charge on any atom is 0.181 e. The Balaban J connectivity index is 2.30. The zero-order valence-corrected chi connectivity index (χ0v) is 11.7. The standard InChI is InChI=1S/C16H24O3/c1-3-5-8-14(17)15(9-4-2)10-6-7-11-16(15)18-12-13-19-16/h3-4H,1-2,5-13H2/t15-/m1/s1. The monoisotopic (exact) mass is 264 g/mol. The highest BCUT2D eigenvalue weighted by atomic mass is 16.7. The van der Waals surface area contributed by atoms with E-state index in [1.165, 1.54) is 0 Å². The fraction of sp³-hybridized carbons (Fsp3) is 0.688.